The number of ketones is 1. The molecule has 0 saturated carbocycles. The van der Waals surface area contributed by atoms with Crippen LogP contribution in [0.2, 0.25) is 0 Å². The van der Waals surface area contributed by atoms with Crippen LogP contribution in [0.15, 0.2) is 18.2 Å². The first-order valence-corrected chi connectivity index (χ1v) is 7.39. The smallest absolute Gasteiger partial charge is 0.231 e. The van der Waals surface area contributed by atoms with Gasteiger partial charge in [-0.15, -0.1) is 12.4 Å². The Kier molecular flexibility index (Phi) is 6.99. The van der Waals surface area contributed by atoms with E-state index in [9.17, 15) is 4.79 Å². The van der Waals surface area contributed by atoms with Crippen molar-refractivity contribution >= 4 is 18.2 Å². The van der Waals surface area contributed by atoms with Crippen molar-refractivity contribution < 1.29 is 14.3 Å². The highest BCUT2D eigenvalue weighted by Crippen LogP contribution is 2.33. The van der Waals surface area contributed by atoms with Gasteiger partial charge in [0.2, 0.25) is 6.79 Å². The Hall–Kier alpha value is -1.26. The fourth-order valence-electron chi connectivity index (χ4n) is 2.66. The summed E-state index contributed by atoms with van der Waals surface area (Å²) < 4.78 is 10.6. The van der Waals surface area contributed by atoms with Gasteiger partial charge < -0.3 is 9.47 Å². The Morgan fingerprint density at radius 1 is 1.19 bits per heavy atom. The number of rotatable bonds is 7. The number of Topliss-reactive ketones (excluding diaryl/α,β-unsaturated/α-hetero) is 1. The topological polar surface area (TPSA) is 38.8 Å². The van der Waals surface area contributed by atoms with E-state index in [0.717, 1.165) is 31.7 Å². The molecule has 0 bridgehead atoms. The summed E-state index contributed by atoms with van der Waals surface area (Å²) in [7, 11) is 0. The largest absolute Gasteiger partial charge is 0.454 e. The van der Waals surface area contributed by atoms with Gasteiger partial charge in [0.05, 0.1) is 6.04 Å². The molecule has 2 rings (SSSR count). The van der Waals surface area contributed by atoms with Crippen LogP contribution in [0.1, 0.15) is 44.0 Å². The maximum absolute atomic E-state index is 12.8. The Bertz CT molecular complexity index is 475. The van der Waals surface area contributed by atoms with Crippen molar-refractivity contribution in [3.63, 3.8) is 0 Å². The first-order chi connectivity index (χ1) is 9.71. The van der Waals surface area contributed by atoms with Gasteiger partial charge in [-0.05, 0) is 37.7 Å². The van der Waals surface area contributed by atoms with Crippen molar-refractivity contribution in [3.8, 4) is 11.5 Å². The second-order valence-corrected chi connectivity index (χ2v) is 4.96. The molecule has 118 valence electrons. The number of carbonyl (C=O) groups excluding carboxylic acids is 1. The quantitative estimate of drug-likeness (QED) is 0.722. The van der Waals surface area contributed by atoms with Crippen LogP contribution in [0.25, 0.3) is 0 Å². The van der Waals surface area contributed by atoms with E-state index in [1.165, 1.54) is 0 Å². The molecule has 4 nitrogen and oxygen atoms in total. The zero-order chi connectivity index (χ0) is 14.5. The minimum absolute atomic E-state index is 0. The number of hydrogen-bond donors (Lipinski definition) is 0. The van der Waals surface area contributed by atoms with Gasteiger partial charge in [0, 0.05) is 5.56 Å². The Morgan fingerprint density at radius 2 is 1.86 bits per heavy atom. The molecule has 0 aliphatic carbocycles. The van der Waals surface area contributed by atoms with Crippen molar-refractivity contribution in [2.45, 2.75) is 39.7 Å². The molecule has 1 unspecified atom stereocenters. The lowest BCUT2D eigenvalue weighted by atomic mass is 9.98. The molecule has 0 aromatic heterocycles. The van der Waals surface area contributed by atoms with Crippen LogP contribution < -0.4 is 9.47 Å². The molecule has 0 N–H and O–H groups in total. The van der Waals surface area contributed by atoms with Crippen LogP contribution in [0.5, 0.6) is 11.5 Å². The Morgan fingerprint density at radius 3 is 2.48 bits per heavy atom. The van der Waals surface area contributed by atoms with Crippen molar-refractivity contribution in [3.05, 3.63) is 23.8 Å². The average molecular weight is 314 g/mol. The van der Waals surface area contributed by atoms with Gasteiger partial charge in [-0.2, -0.15) is 0 Å². The zero-order valence-electron chi connectivity index (χ0n) is 12.9. The summed E-state index contributed by atoms with van der Waals surface area (Å²) in [6.45, 7) is 8.32. The lowest BCUT2D eigenvalue weighted by Crippen LogP contribution is -2.41. The van der Waals surface area contributed by atoms with Gasteiger partial charge in [0.25, 0.3) is 0 Å². The highest BCUT2D eigenvalue weighted by Gasteiger charge is 2.25. The summed E-state index contributed by atoms with van der Waals surface area (Å²) in [5, 5.41) is 0. The zero-order valence-corrected chi connectivity index (χ0v) is 13.7. The van der Waals surface area contributed by atoms with Crippen molar-refractivity contribution in [2.75, 3.05) is 19.9 Å². The molecule has 1 aliphatic rings. The van der Waals surface area contributed by atoms with E-state index in [2.05, 4.69) is 25.7 Å². The highest BCUT2D eigenvalue weighted by atomic mass is 35.5. The van der Waals surface area contributed by atoms with Crippen LogP contribution in [-0.4, -0.2) is 36.6 Å². The number of ether oxygens (including phenoxy) is 2. The minimum atomic E-state index is -0.0460. The third-order valence-electron chi connectivity index (χ3n) is 3.77. The van der Waals surface area contributed by atoms with E-state index in [1.807, 2.05) is 12.1 Å². The maximum Gasteiger partial charge on any atom is 0.231 e. The minimum Gasteiger partial charge on any atom is -0.454 e. The molecule has 5 heteroatoms. The van der Waals surface area contributed by atoms with E-state index >= 15 is 0 Å². The maximum atomic E-state index is 12.8. The van der Waals surface area contributed by atoms with E-state index in [-0.39, 0.29) is 31.0 Å². The summed E-state index contributed by atoms with van der Waals surface area (Å²) in [4.78, 5) is 15.0. The molecule has 0 spiro atoms. The summed E-state index contributed by atoms with van der Waals surface area (Å²) >= 11 is 0. The second-order valence-electron chi connectivity index (χ2n) is 4.96. The van der Waals surface area contributed by atoms with Crippen LogP contribution in [0.3, 0.4) is 0 Å². The Balaban J connectivity index is 0.00000220. The number of likely N-dealkylation sites (N-methyl/N-ethyl adjacent to an activating group) is 1. The van der Waals surface area contributed by atoms with E-state index in [4.69, 9.17) is 9.47 Å². The molecule has 1 atom stereocenters. The summed E-state index contributed by atoms with van der Waals surface area (Å²) in [5.41, 5.74) is 0.708. The predicted octanol–water partition coefficient (Wildman–Crippen LogP) is 3.53. The monoisotopic (exact) mass is 313 g/mol. The molecule has 0 fully saturated rings. The third-order valence-corrected chi connectivity index (χ3v) is 3.77. The fourth-order valence-corrected chi connectivity index (χ4v) is 2.66. The van der Waals surface area contributed by atoms with Gasteiger partial charge in [-0.3, -0.25) is 9.69 Å². The molecule has 1 heterocycles. The molecule has 1 aromatic rings. The first-order valence-electron chi connectivity index (χ1n) is 7.39. The van der Waals surface area contributed by atoms with Crippen molar-refractivity contribution in [1.29, 1.82) is 0 Å². The van der Waals surface area contributed by atoms with Gasteiger partial charge in [0.15, 0.2) is 17.3 Å². The number of nitrogens with zero attached hydrogens (tertiary/aromatic N) is 1. The molecule has 0 radical (unpaired) electrons. The molecule has 1 aliphatic heterocycles. The molecule has 21 heavy (non-hydrogen) atoms. The number of hydrogen-bond acceptors (Lipinski definition) is 4. The van der Waals surface area contributed by atoms with Crippen LogP contribution in [0, 0.1) is 0 Å². The van der Waals surface area contributed by atoms with Crippen LogP contribution in [-0.2, 0) is 0 Å². The number of fused-ring (bicyclic) bond motifs is 1. The number of halogens is 1. The van der Waals surface area contributed by atoms with Crippen LogP contribution >= 0.6 is 12.4 Å². The molecule has 0 amide bonds. The summed E-state index contributed by atoms with van der Waals surface area (Å²) in [6.07, 6.45) is 1.88. The molecule has 1 aromatic carbocycles. The van der Waals surface area contributed by atoms with E-state index < -0.39 is 0 Å². The normalized spacial score (nSPS) is 13.9. The number of benzene rings is 1. The lowest BCUT2D eigenvalue weighted by molar-refractivity contribution is 0.0818. The van der Waals surface area contributed by atoms with Gasteiger partial charge >= 0.3 is 0 Å². The summed E-state index contributed by atoms with van der Waals surface area (Å²) in [6, 6.07) is 5.41. The molecular weight excluding hydrogens is 290 g/mol. The van der Waals surface area contributed by atoms with Gasteiger partial charge in [-0.25, -0.2) is 0 Å². The standard InChI is InChI=1S/C16H23NO3.ClH/c1-4-7-13(17(5-2)6-3)16(18)12-8-9-14-15(10-12)20-11-19-14;/h8-10,13H,4-7,11H2,1-3H3;1H. The fraction of sp³-hybridized carbons (Fsp3) is 0.562. The predicted molar refractivity (Wildman–Crippen MR) is 85.8 cm³/mol. The van der Waals surface area contributed by atoms with Crippen molar-refractivity contribution in [1.82, 2.24) is 4.90 Å². The second kappa shape index (κ2) is 8.25. The SMILES string of the molecule is CCCC(C(=O)c1ccc2c(c1)OCO2)N(CC)CC.Cl. The Labute approximate surface area is 132 Å². The summed E-state index contributed by atoms with van der Waals surface area (Å²) in [5.74, 6) is 1.57. The van der Waals surface area contributed by atoms with Gasteiger partial charge in [-0.1, -0.05) is 27.2 Å². The average Bonchev–Trinajstić information content (AvgIpc) is 2.94. The highest BCUT2D eigenvalue weighted by molar-refractivity contribution is 6.00. The van der Waals surface area contributed by atoms with E-state index in [1.54, 1.807) is 6.07 Å². The first kappa shape index (κ1) is 17.8. The molecular formula is C16H24ClNO3. The molecule has 0 saturated heterocycles. The lowest BCUT2D eigenvalue weighted by Gasteiger charge is -2.28. The van der Waals surface area contributed by atoms with E-state index in [0.29, 0.717) is 11.3 Å². The third kappa shape index (κ3) is 3.89. The number of carbonyl (C=O) groups is 1. The van der Waals surface area contributed by atoms with Crippen molar-refractivity contribution in [2.24, 2.45) is 0 Å². The van der Waals surface area contributed by atoms with Gasteiger partial charge in [0.1, 0.15) is 0 Å². The van der Waals surface area contributed by atoms with Crippen LogP contribution in [0.4, 0.5) is 0 Å².